The Morgan fingerprint density at radius 1 is 1.25 bits per heavy atom. The smallest absolute Gasteiger partial charge is 0.261 e. The van der Waals surface area contributed by atoms with Crippen molar-refractivity contribution >= 4 is 0 Å². The highest BCUT2D eigenvalue weighted by Crippen LogP contribution is 1.96. The predicted octanol–water partition coefficient (Wildman–Crippen LogP) is 1.66. The quantitative estimate of drug-likeness (QED) is 0.645. The Balaban J connectivity index is 3.31. The van der Waals surface area contributed by atoms with Crippen LogP contribution in [0.4, 0.5) is 8.78 Å². The third-order valence-electron chi connectivity index (χ3n) is 1.55. The molecule has 0 aromatic heterocycles. The Morgan fingerprint density at radius 2 is 1.92 bits per heavy atom. The second kappa shape index (κ2) is 7.43. The van der Waals surface area contributed by atoms with Gasteiger partial charge in [0, 0.05) is 6.04 Å². The van der Waals surface area contributed by atoms with E-state index in [4.69, 9.17) is 4.74 Å². The molecule has 0 heterocycles. The summed E-state index contributed by atoms with van der Waals surface area (Å²) in [6, 6.07) is 0.203. The fraction of sp³-hybridized carbons (Fsp3) is 1.00. The van der Waals surface area contributed by atoms with Crippen molar-refractivity contribution in [2.45, 2.75) is 32.7 Å². The average Bonchev–Trinajstić information content (AvgIpc) is 2.02. The zero-order chi connectivity index (χ0) is 9.40. The molecule has 0 radical (unpaired) electrons. The van der Waals surface area contributed by atoms with E-state index in [9.17, 15) is 8.78 Å². The molecule has 0 saturated carbocycles. The van der Waals surface area contributed by atoms with Crippen molar-refractivity contribution in [2.75, 3.05) is 19.8 Å². The van der Waals surface area contributed by atoms with Gasteiger partial charge in [0.1, 0.15) is 6.61 Å². The number of likely N-dealkylation sites (N-methyl/N-ethyl adjacent to an activating group) is 1. The van der Waals surface area contributed by atoms with E-state index in [1.54, 1.807) is 0 Å². The van der Waals surface area contributed by atoms with Gasteiger partial charge >= 0.3 is 0 Å². The molecule has 1 N–H and O–H groups in total. The lowest BCUT2D eigenvalue weighted by Gasteiger charge is -2.15. The van der Waals surface area contributed by atoms with E-state index >= 15 is 0 Å². The number of nitrogens with one attached hydrogen (secondary N) is 1. The molecule has 4 heteroatoms. The second-order valence-electron chi connectivity index (χ2n) is 2.59. The SMILES string of the molecule is CCNC(CC)COCC(F)F. The Hall–Kier alpha value is -0.220. The molecule has 2 nitrogen and oxygen atoms in total. The highest BCUT2D eigenvalue weighted by molar-refractivity contribution is 4.61. The normalized spacial score (nSPS) is 13.8. The highest BCUT2D eigenvalue weighted by Gasteiger charge is 2.06. The van der Waals surface area contributed by atoms with Gasteiger partial charge in [-0.25, -0.2) is 8.78 Å². The van der Waals surface area contributed by atoms with Crippen LogP contribution in [0.3, 0.4) is 0 Å². The summed E-state index contributed by atoms with van der Waals surface area (Å²) in [5.41, 5.74) is 0. The summed E-state index contributed by atoms with van der Waals surface area (Å²) in [5, 5.41) is 3.14. The first-order chi connectivity index (χ1) is 5.70. The maximum Gasteiger partial charge on any atom is 0.261 e. The number of alkyl halides is 2. The van der Waals surface area contributed by atoms with Crippen molar-refractivity contribution in [1.82, 2.24) is 5.32 Å². The van der Waals surface area contributed by atoms with Gasteiger partial charge in [0.15, 0.2) is 0 Å². The van der Waals surface area contributed by atoms with Crippen LogP contribution in [0.25, 0.3) is 0 Å². The molecule has 12 heavy (non-hydrogen) atoms. The van der Waals surface area contributed by atoms with Gasteiger partial charge in [0.2, 0.25) is 0 Å². The van der Waals surface area contributed by atoms with Gasteiger partial charge in [-0.2, -0.15) is 0 Å². The molecule has 0 bridgehead atoms. The summed E-state index contributed by atoms with van der Waals surface area (Å²) in [5.74, 6) is 0. The van der Waals surface area contributed by atoms with Crippen molar-refractivity contribution < 1.29 is 13.5 Å². The second-order valence-corrected chi connectivity index (χ2v) is 2.59. The number of ether oxygens (including phenoxy) is 1. The van der Waals surface area contributed by atoms with Crippen LogP contribution < -0.4 is 5.32 Å². The van der Waals surface area contributed by atoms with Crippen molar-refractivity contribution in [1.29, 1.82) is 0 Å². The molecule has 0 spiro atoms. The molecule has 1 atom stereocenters. The van der Waals surface area contributed by atoms with Gasteiger partial charge in [-0.05, 0) is 13.0 Å². The molecule has 0 amide bonds. The predicted molar refractivity (Wildman–Crippen MR) is 44.6 cm³/mol. The Kier molecular flexibility index (Phi) is 7.29. The molecule has 0 aliphatic heterocycles. The van der Waals surface area contributed by atoms with Crippen LogP contribution in [-0.2, 0) is 4.74 Å². The number of hydrogen-bond donors (Lipinski definition) is 1. The van der Waals surface area contributed by atoms with Gasteiger partial charge in [-0.1, -0.05) is 13.8 Å². The number of halogens is 2. The van der Waals surface area contributed by atoms with Crippen molar-refractivity contribution in [3.8, 4) is 0 Å². The van der Waals surface area contributed by atoms with Gasteiger partial charge < -0.3 is 10.1 Å². The molecule has 0 fully saturated rings. The number of hydrogen-bond acceptors (Lipinski definition) is 2. The van der Waals surface area contributed by atoms with Crippen LogP contribution in [0.5, 0.6) is 0 Å². The topological polar surface area (TPSA) is 21.3 Å². The molecular formula is C8H17F2NO. The first-order valence-electron chi connectivity index (χ1n) is 4.29. The lowest BCUT2D eigenvalue weighted by atomic mass is 10.2. The zero-order valence-corrected chi connectivity index (χ0v) is 7.65. The number of rotatable bonds is 7. The molecule has 74 valence electrons. The van der Waals surface area contributed by atoms with E-state index in [-0.39, 0.29) is 6.04 Å². The largest absolute Gasteiger partial charge is 0.374 e. The van der Waals surface area contributed by atoms with E-state index in [1.165, 1.54) is 0 Å². The minimum atomic E-state index is -2.36. The molecule has 0 aliphatic carbocycles. The van der Waals surface area contributed by atoms with Crippen molar-refractivity contribution in [3.05, 3.63) is 0 Å². The first kappa shape index (κ1) is 11.8. The first-order valence-corrected chi connectivity index (χ1v) is 4.29. The molecule has 0 aromatic carbocycles. The van der Waals surface area contributed by atoms with E-state index in [1.807, 2.05) is 13.8 Å². The summed E-state index contributed by atoms with van der Waals surface area (Å²) in [6.07, 6.45) is -1.46. The van der Waals surface area contributed by atoms with Crippen molar-refractivity contribution in [3.63, 3.8) is 0 Å². The molecule has 0 rings (SSSR count). The fourth-order valence-electron chi connectivity index (χ4n) is 0.909. The van der Waals surface area contributed by atoms with Gasteiger partial charge in [-0.3, -0.25) is 0 Å². The standard InChI is InChI=1S/C8H17F2NO/c1-3-7(11-4-2)5-12-6-8(9)10/h7-8,11H,3-6H2,1-2H3. The van der Waals surface area contributed by atoms with Gasteiger partial charge in [-0.15, -0.1) is 0 Å². The van der Waals surface area contributed by atoms with Gasteiger partial charge in [0.25, 0.3) is 6.43 Å². The van der Waals surface area contributed by atoms with E-state index in [2.05, 4.69) is 5.32 Å². The third-order valence-corrected chi connectivity index (χ3v) is 1.55. The zero-order valence-electron chi connectivity index (χ0n) is 7.65. The van der Waals surface area contributed by atoms with Crippen LogP contribution in [0.2, 0.25) is 0 Å². The maximum atomic E-state index is 11.6. The van der Waals surface area contributed by atoms with E-state index in [0.717, 1.165) is 13.0 Å². The molecule has 1 unspecified atom stereocenters. The summed E-state index contributed by atoms with van der Waals surface area (Å²) < 4.78 is 28.0. The lowest BCUT2D eigenvalue weighted by molar-refractivity contribution is 0.00927. The Bertz CT molecular complexity index is 101. The Labute approximate surface area is 72.3 Å². The van der Waals surface area contributed by atoms with Crippen LogP contribution in [0.1, 0.15) is 20.3 Å². The summed E-state index contributed by atoms with van der Waals surface area (Å²) >= 11 is 0. The minimum absolute atomic E-state index is 0.203. The van der Waals surface area contributed by atoms with Crippen LogP contribution in [-0.4, -0.2) is 32.2 Å². The van der Waals surface area contributed by atoms with Gasteiger partial charge in [0.05, 0.1) is 6.61 Å². The van der Waals surface area contributed by atoms with Crippen LogP contribution in [0.15, 0.2) is 0 Å². The molecule has 0 aromatic rings. The van der Waals surface area contributed by atoms with E-state index < -0.39 is 13.0 Å². The summed E-state index contributed by atoms with van der Waals surface area (Å²) in [7, 11) is 0. The molecule has 0 aliphatic rings. The minimum Gasteiger partial charge on any atom is -0.374 e. The molecule has 0 saturated heterocycles. The monoisotopic (exact) mass is 181 g/mol. The van der Waals surface area contributed by atoms with E-state index in [0.29, 0.717) is 6.61 Å². The fourth-order valence-corrected chi connectivity index (χ4v) is 0.909. The summed E-state index contributed by atoms with van der Waals surface area (Å²) in [4.78, 5) is 0. The van der Waals surface area contributed by atoms with Crippen molar-refractivity contribution in [2.24, 2.45) is 0 Å². The Morgan fingerprint density at radius 3 is 2.33 bits per heavy atom. The van der Waals surface area contributed by atoms with Crippen LogP contribution >= 0.6 is 0 Å². The highest BCUT2D eigenvalue weighted by atomic mass is 19.3. The summed E-state index contributed by atoms with van der Waals surface area (Å²) in [6.45, 7) is 4.74. The van der Waals surface area contributed by atoms with Crippen LogP contribution in [0, 0.1) is 0 Å². The molecular weight excluding hydrogens is 164 g/mol. The lowest BCUT2D eigenvalue weighted by Crippen LogP contribution is -2.33. The maximum absolute atomic E-state index is 11.6. The third kappa shape index (κ3) is 6.49. The average molecular weight is 181 g/mol.